The van der Waals surface area contributed by atoms with E-state index in [0.29, 0.717) is 19.6 Å². The zero-order chi connectivity index (χ0) is 13.3. The van der Waals surface area contributed by atoms with Crippen molar-refractivity contribution in [2.24, 2.45) is 11.7 Å². The molecule has 17 heavy (non-hydrogen) atoms. The molecule has 0 fully saturated rings. The fourth-order valence-corrected chi connectivity index (χ4v) is 1.05. The van der Waals surface area contributed by atoms with Gasteiger partial charge in [-0.15, -0.1) is 0 Å². The molecule has 1 unspecified atom stereocenters. The first kappa shape index (κ1) is 15.9. The van der Waals surface area contributed by atoms with Crippen LogP contribution in [-0.2, 0) is 14.3 Å². The summed E-state index contributed by atoms with van der Waals surface area (Å²) in [5, 5.41) is 11.0. The van der Waals surface area contributed by atoms with Crippen LogP contribution in [0.3, 0.4) is 0 Å². The molecule has 0 heterocycles. The molecule has 0 bridgehead atoms. The number of nitrogens with one attached hydrogen (secondary N) is 1. The number of carbonyl (C=O) groups is 2. The Balaban J connectivity index is 3.42. The zero-order valence-corrected chi connectivity index (χ0v) is 10.4. The van der Waals surface area contributed by atoms with E-state index in [1.807, 2.05) is 13.8 Å². The maximum atomic E-state index is 11.4. The summed E-state index contributed by atoms with van der Waals surface area (Å²) in [6.45, 7) is 4.79. The van der Waals surface area contributed by atoms with Gasteiger partial charge in [-0.2, -0.15) is 0 Å². The van der Waals surface area contributed by atoms with E-state index in [1.165, 1.54) is 0 Å². The summed E-state index contributed by atoms with van der Waals surface area (Å²) in [4.78, 5) is 21.5. The van der Waals surface area contributed by atoms with Crippen molar-refractivity contribution in [3.8, 4) is 0 Å². The van der Waals surface area contributed by atoms with Crippen LogP contribution < -0.4 is 11.1 Å². The highest BCUT2D eigenvalue weighted by atomic mass is 16.5. The molecule has 100 valence electrons. The number of nitrogens with two attached hydrogens (primary N) is 1. The minimum atomic E-state index is -0.892. The van der Waals surface area contributed by atoms with Gasteiger partial charge in [-0.05, 0) is 5.92 Å². The van der Waals surface area contributed by atoms with E-state index < -0.39 is 5.97 Å². The Hall–Kier alpha value is -1.14. The number of hydrogen-bond donors (Lipinski definition) is 3. The molecule has 1 atom stereocenters. The van der Waals surface area contributed by atoms with Crippen LogP contribution in [0.1, 0.15) is 26.7 Å². The molecule has 0 radical (unpaired) electrons. The lowest BCUT2D eigenvalue weighted by atomic mass is 10.0. The van der Waals surface area contributed by atoms with E-state index in [0.717, 1.165) is 0 Å². The third-order valence-electron chi connectivity index (χ3n) is 2.31. The predicted molar refractivity (Wildman–Crippen MR) is 63.5 cm³/mol. The smallest absolute Gasteiger partial charge is 0.305 e. The number of aliphatic carboxylic acids is 1. The lowest BCUT2D eigenvalue weighted by Crippen LogP contribution is -2.36. The number of rotatable bonds is 9. The molecule has 6 heteroatoms. The molecule has 0 aromatic rings. The Labute approximate surface area is 102 Å². The summed E-state index contributed by atoms with van der Waals surface area (Å²) in [6, 6.07) is -0.136. The van der Waals surface area contributed by atoms with Crippen molar-refractivity contribution in [3.63, 3.8) is 0 Å². The third kappa shape index (κ3) is 9.77. The van der Waals surface area contributed by atoms with Crippen LogP contribution >= 0.6 is 0 Å². The summed E-state index contributed by atoms with van der Waals surface area (Å²) in [5.41, 5.74) is 5.75. The molecule has 6 nitrogen and oxygen atoms in total. The first-order valence-corrected chi connectivity index (χ1v) is 5.75. The first-order valence-electron chi connectivity index (χ1n) is 5.75. The van der Waals surface area contributed by atoms with Gasteiger partial charge in [0.1, 0.15) is 0 Å². The quantitative estimate of drug-likeness (QED) is 0.496. The van der Waals surface area contributed by atoms with Crippen LogP contribution in [0.2, 0.25) is 0 Å². The van der Waals surface area contributed by atoms with Gasteiger partial charge in [0.25, 0.3) is 0 Å². The Morgan fingerprint density at radius 3 is 2.53 bits per heavy atom. The molecular weight excluding hydrogens is 224 g/mol. The van der Waals surface area contributed by atoms with E-state index in [2.05, 4.69) is 5.32 Å². The van der Waals surface area contributed by atoms with Crippen molar-refractivity contribution < 1.29 is 19.4 Å². The molecule has 0 saturated carbocycles. The molecule has 4 N–H and O–H groups in total. The number of carboxylic acids is 1. The van der Waals surface area contributed by atoms with Gasteiger partial charge >= 0.3 is 5.97 Å². The molecular formula is C11H22N2O4. The van der Waals surface area contributed by atoms with Gasteiger partial charge in [-0.25, -0.2) is 0 Å². The van der Waals surface area contributed by atoms with Gasteiger partial charge in [-0.1, -0.05) is 13.8 Å². The van der Waals surface area contributed by atoms with Crippen LogP contribution in [0.4, 0.5) is 0 Å². The third-order valence-corrected chi connectivity index (χ3v) is 2.31. The van der Waals surface area contributed by atoms with Crippen LogP contribution in [0.25, 0.3) is 0 Å². The minimum Gasteiger partial charge on any atom is -0.481 e. The topological polar surface area (TPSA) is 102 Å². The number of ether oxygens (including phenoxy) is 1. The fourth-order valence-electron chi connectivity index (χ4n) is 1.05. The number of amides is 1. The van der Waals surface area contributed by atoms with E-state index >= 15 is 0 Å². The van der Waals surface area contributed by atoms with Gasteiger partial charge in [0.05, 0.1) is 19.6 Å². The van der Waals surface area contributed by atoms with Crippen LogP contribution in [-0.4, -0.2) is 42.8 Å². The van der Waals surface area contributed by atoms with Gasteiger partial charge in [0, 0.05) is 19.0 Å². The zero-order valence-electron chi connectivity index (χ0n) is 10.4. The second-order valence-electron chi connectivity index (χ2n) is 4.22. The molecule has 0 aliphatic carbocycles. The lowest BCUT2D eigenvalue weighted by Gasteiger charge is -2.14. The Kier molecular flexibility index (Phi) is 8.35. The Bertz CT molecular complexity index is 244. The van der Waals surface area contributed by atoms with Crippen molar-refractivity contribution >= 4 is 11.9 Å². The van der Waals surface area contributed by atoms with Crippen LogP contribution in [0.15, 0.2) is 0 Å². The average molecular weight is 246 g/mol. The fraction of sp³-hybridized carbons (Fsp3) is 0.818. The molecule has 0 aliphatic rings. The van der Waals surface area contributed by atoms with Crippen molar-refractivity contribution in [1.82, 2.24) is 5.32 Å². The lowest BCUT2D eigenvalue weighted by molar-refractivity contribution is -0.138. The van der Waals surface area contributed by atoms with Gasteiger partial charge < -0.3 is 20.9 Å². The monoisotopic (exact) mass is 246 g/mol. The average Bonchev–Trinajstić information content (AvgIpc) is 2.22. The van der Waals surface area contributed by atoms with Crippen molar-refractivity contribution in [1.29, 1.82) is 0 Å². The highest BCUT2D eigenvalue weighted by molar-refractivity contribution is 5.76. The first-order chi connectivity index (χ1) is 7.93. The highest BCUT2D eigenvalue weighted by Gasteiger charge is 2.12. The molecule has 0 aliphatic heterocycles. The van der Waals surface area contributed by atoms with E-state index in [1.54, 1.807) is 0 Å². The maximum absolute atomic E-state index is 11.4. The van der Waals surface area contributed by atoms with E-state index in [9.17, 15) is 9.59 Å². The summed E-state index contributed by atoms with van der Waals surface area (Å²) in [5.74, 6) is -0.724. The van der Waals surface area contributed by atoms with E-state index in [-0.39, 0.29) is 30.9 Å². The molecule has 0 aromatic carbocycles. The summed E-state index contributed by atoms with van der Waals surface area (Å²) < 4.78 is 5.02. The normalized spacial score (nSPS) is 12.5. The van der Waals surface area contributed by atoms with Crippen LogP contribution in [0.5, 0.6) is 0 Å². The molecule has 0 spiro atoms. The number of carbonyl (C=O) groups excluding carboxylic acids is 1. The molecule has 0 rings (SSSR count). The highest BCUT2D eigenvalue weighted by Crippen LogP contribution is 2.01. The summed E-state index contributed by atoms with van der Waals surface area (Å²) >= 11 is 0. The van der Waals surface area contributed by atoms with E-state index in [4.69, 9.17) is 15.6 Å². The maximum Gasteiger partial charge on any atom is 0.305 e. The minimum absolute atomic E-state index is 0.0217. The second kappa shape index (κ2) is 8.95. The molecule has 0 saturated heterocycles. The number of carboxylic acid groups (broad SMARTS) is 1. The van der Waals surface area contributed by atoms with Crippen LogP contribution in [0, 0.1) is 5.92 Å². The number of hydrogen-bond acceptors (Lipinski definition) is 4. The van der Waals surface area contributed by atoms with Gasteiger partial charge in [0.15, 0.2) is 0 Å². The summed E-state index contributed by atoms with van der Waals surface area (Å²) in [6.07, 6.45) is 0.277. The molecule has 1 amide bonds. The van der Waals surface area contributed by atoms with Crippen molar-refractivity contribution in [2.75, 3.05) is 19.8 Å². The Morgan fingerprint density at radius 2 is 2.00 bits per heavy atom. The van der Waals surface area contributed by atoms with Crippen molar-refractivity contribution in [3.05, 3.63) is 0 Å². The second-order valence-corrected chi connectivity index (χ2v) is 4.22. The van der Waals surface area contributed by atoms with Gasteiger partial charge in [0.2, 0.25) is 5.91 Å². The SMILES string of the molecule is CC(C)C(N)CC(=O)NCCOCCC(=O)O. The largest absolute Gasteiger partial charge is 0.481 e. The summed E-state index contributed by atoms with van der Waals surface area (Å²) in [7, 11) is 0. The standard InChI is InChI=1S/C11H22N2O4/c1-8(2)9(12)7-10(14)13-4-6-17-5-3-11(15)16/h8-9H,3-7,12H2,1-2H3,(H,13,14)(H,15,16). The predicted octanol–water partition coefficient (Wildman–Crippen LogP) is -0.0327. The molecule has 0 aromatic heterocycles. The van der Waals surface area contributed by atoms with Gasteiger partial charge in [-0.3, -0.25) is 9.59 Å². The van der Waals surface area contributed by atoms with Crippen molar-refractivity contribution in [2.45, 2.75) is 32.7 Å². The Morgan fingerprint density at radius 1 is 1.35 bits per heavy atom.